The van der Waals surface area contributed by atoms with Crippen LogP contribution in [0.2, 0.25) is 0 Å². The minimum absolute atomic E-state index is 0.00472. The highest BCUT2D eigenvalue weighted by molar-refractivity contribution is 7.21. The third-order valence-corrected chi connectivity index (χ3v) is 4.05. The summed E-state index contributed by atoms with van der Waals surface area (Å²) < 4.78 is 1.18. The van der Waals surface area contributed by atoms with Crippen molar-refractivity contribution in [3.63, 3.8) is 0 Å². The molecule has 3 nitrogen and oxygen atoms in total. The van der Waals surface area contributed by atoms with Gasteiger partial charge in [-0.3, -0.25) is 4.79 Å². The molecule has 2 rings (SSSR count). The number of aryl methyl sites for hydroxylation is 1. The number of rotatable bonds is 5. The van der Waals surface area contributed by atoms with Crippen molar-refractivity contribution in [2.45, 2.75) is 19.8 Å². The van der Waals surface area contributed by atoms with Gasteiger partial charge in [0.15, 0.2) is 0 Å². The summed E-state index contributed by atoms with van der Waals surface area (Å²) in [4.78, 5) is 13.0. The van der Waals surface area contributed by atoms with E-state index in [0.29, 0.717) is 13.1 Å². The molecule has 0 atom stereocenters. The number of hydrogen-bond donors (Lipinski definition) is 2. The van der Waals surface area contributed by atoms with E-state index in [1.807, 2.05) is 12.1 Å². The first-order chi connectivity index (χ1) is 8.77. The zero-order valence-corrected chi connectivity index (χ0v) is 11.3. The Morgan fingerprint density at radius 3 is 2.89 bits per heavy atom. The first kappa shape index (κ1) is 13.1. The molecule has 1 amide bonds. The largest absolute Gasteiger partial charge is 0.350 e. The number of nitrogens with two attached hydrogens (primary N) is 1. The number of amides is 1. The fourth-order valence-corrected chi connectivity index (χ4v) is 3.21. The van der Waals surface area contributed by atoms with E-state index in [0.717, 1.165) is 17.7 Å². The van der Waals surface area contributed by atoms with Gasteiger partial charge in [-0.1, -0.05) is 31.5 Å². The second kappa shape index (κ2) is 5.98. The number of carbonyl (C=O) groups excluding carboxylic acids is 1. The SMILES string of the molecule is CCCc1c(C(=O)NCCN)sc2ccccc12. The van der Waals surface area contributed by atoms with Gasteiger partial charge in [0.05, 0.1) is 4.88 Å². The molecule has 0 aliphatic rings. The predicted octanol–water partition coefficient (Wildman–Crippen LogP) is 2.54. The molecule has 0 aliphatic heterocycles. The summed E-state index contributed by atoms with van der Waals surface area (Å²) in [6.45, 7) is 3.13. The number of carbonyl (C=O) groups is 1. The molecule has 0 unspecified atom stereocenters. The average molecular weight is 262 g/mol. The van der Waals surface area contributed by atoms with Crippen LogP contribution >= 0.6 is 11.3 Å². The molecule has 2 aromatic rings. The van der Waals surface area contributed by atoms with Crippen LogP contribution in [0.3, 0.4) is 0 Å². The van der Waals surface area contributed by atoms with Crippen LogP contribution in [-0.2, 0) is 6.42 Å². The minimum atomic E-state index is 0.00472. The van der Waals surface area contributed by atoms with Crippen LogP contribution in [0.15, 0.2) is 24.3 Å². The molecule has 0 fully saturated rings. The first-order valence-corrected chi connectivity index (χ1v) is 7.08. The zero-order chi connectivity index (χ0) is 13.0. The monoisotopic (exact) mass is 262 g/mol. The van der Waals surface area contributed by atoms with E-state index in [1.165, 1.54) is 15.6 Å². The average Bonchev–Trinajstić information content (AvgIpc) is 2.76. The Balaban J connectivity index is 2.41. The third kappa shape index (κ3) is 2.54. The molecule has 0 radical (unpaired) electrons. The minimum Gasteiger partial charge on any atom is -0.350 e. The normalized spacial score (nSPS) is 10.8. The van der Waals surface area contributed by atoms with Gasteiger partial charge in [0.25, 0.3) is 5.91 Å². The van der Waals surface area contributed by atoms with Crippen molar-refractivity contribution in [2.75, 3.05) is 13.1 Å². The van der Waals surface area contributed by atoms with Gasteiger partial charge in [0.1, 0.15) is 0 Å². The second-order valence-corrected chi connectivity index (χ2v) is 5.25. The van der Waals surface area contributed by atoms with Crippen LogP contribution < -0.4 is 11.1 Å². The molecule has 96 valence electrons. The molecule has 0 saturated heterocycles. The van der Waals surface area contributed by atoms with Crippen molar-refractivity contribution < 1.29 is 4.79 Å². The Labute approximate surface area is 111 Å². The quantitative estimate of drug-likeness (QED) is 0.870. The van der Waals surface area contributed by atoms with Gasteiger partial charge in [0, 0.05) is 17.8 Å². The summed E-state index contributed by atoms with van der Waals surface area (Å²) in [6, 6.07) is 8.20. The molecule has 1 aromatic carbocycles. The maximum atomic E-state index is 12.1. The van der Waals surface area contributed by atoms with Crippen molar-refractivity contribution in [2.24, 2.45) is 5.73 Å². The van der Waals surface area contributed by atoms with Gasteiger partial charge in [-0.05, 0) is 23.4 Å². The molecule has 1 heterocycles. The van der Waals surface area contributed by atoms with Crippen LogP contribution in [0.4, 0.5) is 0 Å². The highest BCUT2D eigenvalue weighted by Gasteiger charge is 2.16. The van der Waals surface area contributed by atoms with E-state index in [4.69, 9.17) is 5.73 Å². The van der Waals surface area contributed by atoms with Gasteiger partial charge >= 0.3 is 0 Å². The summed E-state index contributed by atoms with van der Waals surface area (Å²) in [7, 11) is 0. The molecular weight excluding hydrogens is 244 g/mol. The first-order valence-electron chi connectivity index (χ1n) is 6.26. The van der Waals surface area contributed by atoms with Crippen molar-refractivity contribution in [3.8, 4) is 0 Å². The lowest BCUT2D eigenvalue weighted by Crippen LogP contribution is -2.28. The van der Waals surface area contributed by atoms with Gasteiger partial charge < -0.3 is 11.1 Å². The van der Waals surface area contributed by atoms with Crippen molar-refractivity contribution in [1.82, 2.24) is 5.32 Å². The summed E-state index contributed by atoms with van der Waals surface area (Å²) in [5.74, 6) is 0.00472. The summed E-state index contributed by atoms with van der Waals surface area (Å²) in [5.41, 5.74) is 6.59. The molecule has 3 N–H and O–H groups in total. The molecule has 1 aromatic heterocycles. The highest BCUT2D eigenvalue weighted by Crippen LogP contribution is 2.32. The fourth-order valence-electron chi connectivity index (χ4n) is 2.05. The van der Waals surface area contributed by atoms with E-state index >= 15 is 0 Å². The Hall–Kier alpha value is -1.39. The predicted molar refractivity (Wildman–Crippen MR) is 77.2 cm³/mol. The lowest BCUT2D eigenvalue weighted by Gasteiger charge is -2.04. The van der Waals surface area contributed by atoms with Crippen molar-refractivity contribution in [3.05, 3.63) is 34.7 Å². The smallest absolute Gasteiger partial charge is 0.261 e. The lowest BCUT2D eigenvalue weighted by atomic mass is 10.1. The number of hydrogen-bond acceptors (Lipinski definition) is 3. The van der Waals surface area contributed by atoms with Crippen LogP contribution in [0, 0.1) is 0 Å². The van der Waals surface area contributed by atoms with E-state index in [9.17, 15) is 4.79 Å². The number of fused-ring (bicyclic) bond motifs is 1. The molecule has 0 saturated carbocycles. The van der Waals surface area contributed by atoms with E-state index in [2.05, 4.69) is 24.4 Å². The highest BCUT2D eigenvalue weighted by atomic mass is 32.1. The van der Waals surface area contributed by atoms with Crippen LogP contribution in [-0.4, -0.2) is 19.0 Å². The zero-order valence-electron chi connectivity index (χ0n) is 10.5. The third-order valence-electron chi connectivity index (χ3n) is 2.83. The molecule has 0 spiro atoms. The van der Waals surface area contributed by atoms with Gasteiger partial charge in [0.2, 0.25) is 0 Å². The molecule has 0 aliphatic carbocycles. The number of thiophene rings is 1. The second-order valence-electron chi connectivity index (χ2n) is 4.20. The standard InChI is InChI=1S/C14H18N2OS/c1-2-5-11-10-6-3-4-7-12(10)18-13(11)14(17)16-9-8-15/h3-4,6-7H,2,5,8-9,15H2,1H3,(H,16,17). The maximum Gasteiger partial charge on any atom is 0.261 e. The van der Waals surface area contributed by atoms with Gasteiger partial charge in [-0.15, -0.1) is 11.3 Å². The van der Waals surface area contributed by atoms with E-state index in [1.54, 1.807) is 11.3 Å². The van der Waals surface area contributed by atoms with Gasteiger partial charge in [-0.2, -0.15) is 0 Å². The Kier molecular flexibility index (Phi) is 4.33. The Bertz CT molecular complexity index is 548. The molecule has 0 bridgehead atoms. The van der Waals surface area contributed by atoms with Crippen molar-refractivity contribution in [1.29, 1.82) is 0 Å². The van der Waals surface area contributed by atoms with Crippen LogP contribution in [0.5, 0.6) is 0 Å². The van der Waals surface area contributed by atoms with Crippen LogP contribution in [0.1, 0.15) is 28.6 Å². The lowest BCUT2D eigenvalue weighted by molar-refractivity contribution is 0.0958. The summed E-state index contributed by atoms with van der Waals surface area (Å²) in [5, 5.41) is 4.07. The van der Waals surface area contributed by atoms with Crippen molar-refractivity contribution >= 4 is 27.3 Å². The van der Waals surface area contributed by atoms with E-state index in [-0.39, 0.29) is 5.91 Å². The number of benzene rings is 1. The molecule has 18 heavy (non-hydrogen) atoms. The van der Waals surface area contributed by atoms with E-state index < -0.39 is 0 Å². The molecule has 4 heteroatoms. The Morgan fingerprint density at radius 1 is 1.39 bits per heavy atom. The fraction of sp³-hybridized carbons (Fsp3) is 0.357. The summed E-state index contributed by atoms with van der Waals surface area (Å²) >= 11 is 1.57. The Morgan fingerprint density at radius 2 is 2.17 bits per heavy atom. The van der Waals surface area contributed by atoms with Crippen LogP contribution in [0.25, 0.3) is 10.1 Å². The van der Waals surface area contributed by atoms with Gasteiger partial charge in [-0.25, -0.2) is 0 Å². The topological polar surface area (TPSA) is 55.1 Å². The number of nitrogens with one attached hydrogen (secondary N) is 1. The molecular formula is C14H18N2OS. The summed E-state index contributed by atoms with van der Waals surface area (Å²) in [6.07, 6.45) is 1.98. The maximum absolute atomic E-state index is 12.1.